The molecule has 0 aromatic heterocycles. The van der Waals surface area contributed by atoms with E-state index in [1.54, 1.807) is 0 Å². The Balaban J connectivity index is 2.74. The van der Waals surface area contributed by atoms with E-state index in [1.807, 2.05) is 24.3 Å². The summed E-state index contributed by atoms with van der Waals surface area (Å²) in [7, 11) is 0. The number of halogens is 1. The molecule has 14 heavy (non-hydrogen) atoms. The third kappa shape index (κ3) is 3.51. The number of carboxylic acid groups (broad SMARTS) is 1. The van der Waals surface area contributed by atoms with Gasteiger partial charge in [0, 0.05) is 11.4 Å². The van der Waals surface area contributed by atoms with Crippen LogP contribution >= 0.6 is 11.6 Å². The van der Waals surface area contributed by atoms with Crippen LogP contribution in [-0.2, 0) is 10.7 Å². The maximum Gasteiger partial charge on any atom is 0.315 e. The number of benzene rings is 1. The first kappa shape index (κ1) is 10.6. The molecule has 0 saturated heterocycles. The molecule has 0 unspecified atom stereocenters. The van der Waals surface area contributed by atoms with E-state index < -0.39 is 5.97 Å². The van der Waals surface area contributed by atoms with Gasteiger partial charge >= 0.3 is 5.97 Å². The van der Waals surface area contributed by atoms with Crippen molar-refractivity contribution in [1.82, 2.24) is 0 Å². The Morgan fingerprint density at radius 1 is 1.50 bits per heavy atom. The van der Waals surface area contributed by atoms with Crippen molar-refractivity contribution < 1.29 is 9.90 Å². The molecule has 0 saturated carbocycles. The highest BCUT2D eigenvalue weighted by atomic mass is 35.5. The minimum Gasteiger partial charge on any atom is -0.481 e. The van der Waals surface area contributed by atoms with Crippen molar-refractivity contribution in [3.8, 4) is 11.8 Å². The second kappa shape index (κ2) is 5.31. The van der Waals surface area contributed by atoms with Crippen LogP contribution < -0.4 is 0 Å². The zero-order valence-corrected chi connectivity index (χ0v) is 8.21. The summed E-state index contributed by atoms with van der Waals surface area (Å²) in [6, 6.07) is 7.42. The van der Waals surface area contributed by atoms with Crippen molar-refractivity contribution in [3.05, 3.63) is 35.4 Å². The van der Waals surface area contributed by atoms with Crippen molar-refractivity contribution in [2.45, 2.75) is 12.3 Å². The number of aliphatic carboxylic acids is 1. The fourth-order valence-electron chi connectivity index (χ4n) is 0.954. The average molecular weight is 209 g/mol. The van der Waals surface area contributed by atoms with Gasteiger partial charge in [0.1, 0.15) is 6.42 Å². The summed E-state index contributed by atoms with van der Waals surface area (Å²) in [4.78, 5) is 10.2. The number of hydrogen-bond acceptors (Lipinski definition) is 1. The smallest absolute Gasteiger partial charge is 0.315 e. The summed E-state index contributed by atoms with van der Waals surface area (Å²) in [5, 5.41) is 8.37. The van der Waals surface area contributed by atoms with E-state index in [9.17, 15) is 4.79 Å². The molecule has 0 atom stereocenters. The number of hydrogen-bond donors (Lipinski definition) is 1. The van der Waals surface area contributed by atoms with Crippen LogP contribution in [0.4, 0.5) is 0 Å². The van der Waals surface area contributed by atoms with Crippen molar-refractivity contribution in [3.63, 3.8) is 0 Å². The molecule has 0 radical (unpaired) electrons. The zero-order chi connectivity index (χ0) is 10.4. The van der Waals surface area contributed by atoms with E-state index in [-0.39, 0.29) is 6.42 Å². The Morgan fingerprint density at radius 2 is 2.29 bits per heavy atom. The Kier molecular flexibility index (Phi) is 4.03. The van der Waals surface area contributed by atoms with Crippen molar-refractivity contribution in [2.75, 3.05) is 0 Å². The predicted molar refractivity (Wildman–Crippen MR) is 55.1 cm³/mol. The summed E-state index contributed by atoms with van der Waals surface area (Å²) in [5.41, 5.74) is 1.78. The minimum absolute atomic E-state index is 0.134. The van der Waals surface area contributed by atoms with Gasteiger partial charge in [0.05, 0.1) is 0 Å². The van der Waals surface area contributed by atoms with E-state index in [4.69, 9.17) is 16.7 Å². The maximum atomic E-state index is 10.2. The van der Waals surface area contributed by atoms with Gasteiger partial charge in [-0.05, 0) is 17.7 Å². The van der Waals surface area contributed by atoms with Gasteiger partial charge in [-0.25, -0.2) is 0 Å². The van der Waals surface area contributed by atoms with Crippen molar-refractivity contribution >= 4 is 17.6 Å². The van der Waals surface area contributed by atoms with Crippen LogP contribution in [0, 0.1) is 11.8 Å². The molecule has 0 spiro atoms. The molecule has 3 heteroatoms. The Morgan fingerprint density at radius 3 is 2.93 bits per heavy atom. The van der Waals surface area contributed by atoms with Gasteiger partial charge in [-0.3, -0.25) is 4.79 Å². The first-order chi connectivity index (χ1) is 6.72. The second-order valence-corrected chi connectivity index (χ2v) is 2.97. The van der Waals surface area contributed by atoms with Gasteiger partial charge in [0.25, 0.3) is 0 Å². The second-order valence-electron chi connectivity index (χ2n) is 2.71. The lowest BCUT2D eigenvalue weighted by Crippen LogP contribution is -1.90. The lowest BCUT2D eigenvalue weighted by Gasteiger charge is -1.94. The summed E-state index contributed by atoms with van der Waals surface area (Å²) >= 11 is 5.64. The van der Waals surface area contributed by atoms with E-state index in [2.05, 4.69) is 11.8 Å². The monoisotopic (exact) mass is 208 g/mol. The van der Waals surface area contributed by atoms with Crippen LogP contribution in [0.1, 0.15) is 17.5 Å². The largest absolute Gasteiger partial charge is 0.481 e. The Hall–Kier alpha value is -1.46. The van der Waals surface area contributed by atoms with Crippen LogP contribution in [0.2, 0.25) is 0 Å². The highest BCUT2D eigenvalue weighted by molar-refractivity contribution is 6.17. The van der Waals surface area contributed by atoms with E-state index in [1.165, 1.54) is 0 Å². The van der Waals surface area contributed by atoms with Crippen LogP contribution in [-0.4, -0.2) is 11.1 Å². The summed E-state index contributed by atoms with van der Waals surface area (Å²) in [6.45, 7) is 0. The molecule has 0 heterocycles. The molecule has 0 aliphatic carbocycles. The van der Waals surface area contributed by atoms with E-state index >= 15 is 0 Å². The van der Waals surface area contributed by atoms with Gasteiger partial charge in [0.15, 0.2) is 0 Å². The molecule has 1 N–H and O–H groups in total. The molecule has 1 rings (SSSR count). The van der Waals surface area contributed by atoms with Gasteiger partial charge in [-0.2, -0.15) is 0 Å². The standard InChI is InChI=1S/C11H9ClO2/c12-8-10-5-1-3-9(7-10)4-2-6-11(13)14/h1,3,5,7H,6,8H2,(H,13,14). The quantitative estimate of drug-likeness (QED) is 0.598. The van der Waals surface area contributed by atoms with Gasteiger partial charge in [0.2, 0.25) is 0 Å². The normalized spacial score (nSPS) is 8.93. The molecular weight excluding hydrogens is 200 g/mol. The summed E-state index contributed by atoms with van der Waals surface area (Å²) < 4.78 is 0. The van der Waals surface area contributed by atoms with Crippen LogP contribution in [0.5, 0.6) is 0 Å². The predicted octanol–water partition coefficient (Wildman–Crippen LogP) is 2.25. The fourth-order valence-corrected chi connectivity index (χ4v) is 1.12. The Bertz CT molecular complexity index is 388. The zero-order valence-electron chi connectivity index (χ0n) is 7.46. The van der Waals surface area contributed by atoms with Crippen molar-refractivity contribution in [1.29, 1.82) is 0 Å². The molecule has 2 nitrogen and oxygen atoms in total. The highest BCUT2D eigenvalue weighted by Crippen LogP contribution is 2.06. The molecule has 1 aromatic rings. The average Bonchev–Trinajstić information content (AvgIpc) is 2.18. The Labute approximate surface area is 87.5 Å². The first-order valence-electron chi connectivity index (χ1n) is 4.08. The van der Waals surface area contributed by atoms with Crippen LogP contribution in [0.25, 0.3) is 0 Å². The molecule has 0 fully saturated rings. The van der Waals surface area contributed by atoms with Gasteiger partial charge < -0.3 is 5.11 Å². The van der Waals surface area contributed by atoms with Crippen LogP contribution in [0.15, 0.2) is 24.3 Å². The number of alkyl halides is 1. The summed E-state index contributed by atoms with van der Waals surface area (Å²) in [5.74, 6) is 4.85. The molecule has 0 amide bonds. The van der Waals surface area contributed by atoms with Crippen molar-refractivity contribution in [2.24, 2.45) is 0 Å². The van der Waals surface area contributed by atoms with E-state index in [0.717, 1.165) is 11.1 Å². The number of rotatable bonds is 2. The molecule has 0 bridgehead atoms. The maximum absolute atomic E-state index is 10.2. The third-order valence-corrected chi connectivity index (χ3v) is 1.86. The molecule has 72 valence electrons. The lowest BCUT2D eigenvalue weighted by atomic mass is 10.1. The number of carboxylic acids is 1. The van der Waals surface area contributed by atoms with Gasteiger partial charge in [-0.1, -0.05) is 24.0 Å². The van der Waals surface area contributed by atoms with Gasteiger partial charge in [-0.15, -0.1) is 11.6 Å². The minimum atomic E-state index is -0.911. The third-order valence-electron chi connectivity index (χ3n) is 1.55. The lowest BCUT2D eigenvalue weighted by molar-refractivity contribution is -0.135. The molecular formula is C11H9ClO2. The molecule has 0 aliphatic rings. The fraction of sp³-hybridized carbons (Fsp3) is 0.182. The first-order valence-corrected chi connectivity index (χ1v) is 4.61. The number of carbonyl (C=O) groups is 1. The summed E-state index contributed by atoms with van der Waals surface area (Å²) in [6.07, 6.45) is -0.134. The topological polar surface area (TPSA) is 37.3 Å². The van der Waals surface area contributed by atoms with Crippen LogP contribution in [0.3, 0.4) is 0 Å². The SMILES string of the molecule is O=C(O)CC#Cc1cccc(CCl)c1. The highest BCUT2D eigenvalue weighted by Gasteiger charge is 1.92. The molecule has 0 aliphatic heterocycles. The molecule has 1 aromatic carbocycles. The van der Waals surface area contributed by atoms with E-state index in [0.29, 0.717) is 5.88 Å².